The van der Waals surface area contributed by atoms with Gasteiger partial charge in [-0.15, -0.1) is 0 Å². The SMILES string of the molecule is CCOc1ccc(C(=O)NCCCCN2CCO[C@H](c3ccccc3)C2)cc1. The summed E-state index contributed by atoms with van der Waals surface area (Å²) >= 11 is 0. The van der Waals surface area contributed by atoms with Crippen molar-refractivity contribution in [3.8, 4) is 5.75 Å². The van der Waals surface area contributed by atoms with Crippen LogP contribution in [0.2, 0.25) is 0 Å². The second-order valence-corrected chi connectivity index (χ2v) is 6.99. The highest BCUT2D eigenvalue weighted by Gasteiger charge is 2.21. The van der Waals surface area contributed by atoms with Crippen LogP contribution in [0.4, 0.5) is 0 Å². The lowest BCUT2D eigenvalue weighted by Gasteiger charge is -2.33. The summed E-state index contributed by atoms with van der Waals surface area (Å²) in [4.78, 5) is 14.7. The molecule has 0 saturated carbocycles. The zero-order valence-corrected chi connectivity index (χ0v) is 16.6. The van der Waals surface area contributed by atoms with Crippen LogP contribution in [-0.4, -0.2) is 50.2 Å². The molecule has 0 radical (unpaired) electrons. The maximum absolute atomic E-state index is 12.2. The predicted octanol–water partition coefficient (Wildman–Crippen LogP) is 3.67. The van der Waals surface area contributed by atoms with Gasteiger partial charge in [-0.2, -0.15) is 0 Å². The third-order valence-electron chi connectivity index (χ3n) is 4.94. The number of carbonyl (C=O) groups is 1. The summed E-state index contributed by atoms with van der Waals surface area (Å²) in [5.41, 5.74) is 1.91. The Bertz CT molecular complexity index is 718. The lowest BCUT2D eigenvalue weighted by Crippen LogP contribution is -2.39. The number of rotatable bonds is 9. The molecule has 1 heterocycles. The number of nitrogens with zero attached hydrogens (tertiary/aromatic N) is 1. The van der Waals surface area contributed by atoms with Gasteiger partial charge in [-0.25, -0.2) is 0 Å². The Hall–Kier alpha value is -2.37. The van der Waals surface area contributed by atoms with Crippen molar-refractivity contribution in [1.29, 1.82) is 0 Å². The van der Waals surface area contributed by atoms with E-state index in [1.54, 1.807) is 12.1 Å². The molecule has 5 nitrogen and oxygen atoms in total. The highest BCUT2D eigenvalue weighted by molar-refractivity contribution is 5.94. The van der Waals surface area contributed by atoms with E-state index in [9.17, 15) is 4.79 Å². The van der Waals surface area contributed by atoms with Crippen molar-refractivity contribution < 1.29 is 14.3 Å². The molecule has 1 N–H and O–H groups in total. The van der Waals surface area contributed by atoms with Crippen molar-refractivity contribution in [3.63, 3.8) is 0 Å². The van der Waals surface area contributed by atoms with Gasteiger partial charge in [0, 0.05) is 25.2 Å². The number of nitrogens with one attached hydrogen (secondary N) is 1. The molecule has 1 amide bonds. The Morgan fingerprint density at radius 3 is 2.68 bits per heavy atom. The Labute approximate surface area is 167 Å². The molecule has 1 atom stereocenters. The van der Waals surface area contributed by atoms with Crippen LogP contribution >= 0.6 is 0 Å². The van der Waals surface area contributed by atoms with Crippen LogP contribution < -0.4 is 10.1 Å². The number of carbonyl (C=O) groups excluding carboxylic acids is 1. The molecule has 3 rings (SSSR count). The van der Waals surface area contributed by atoms with Crippen molar-refractivity contribution >= 4 is 5.91 Å². The van der Waals surface area contributed by atoms with E-state index in [0.717, 1.165) is 44.8 Å². The first kappa shape index (κ1) is 20.4. The van der Waals surface area contributed by atoms with E-state index >= 15 is 0 Å². The van der Waals surface area contributed by atoms with E-state index < -0.39 is 0 Å². The van der Waals surface area contributed by atoms with Crippen LogP contribution in [0.15, 0.2) is 54.6 Å². The van der Waals surface area contributed by atoms with E-state index in [0.29, 0.717) is 18.7 Å². The van der Waals surface area contributed by atoms with Gasteiger partial charge < -0.3 is 14.8 Å². The summed E-state index contributed by atoms with van der Waals surface area (Å²) in [6.07, 6.45) is 2.19. The normalized spacial score (nSPS) is 17.2. The molecule has 1 fully saturated rings. The molecule has 0 bridgehead atoms. The molecule has 1 aliphatic heterocycles. The summed E-state index contributed by atoms with van der Waals surface area (Å²) in [7, 11) is 0. The predicted molar refractivity (Wildman–Crippen MR) is 111 cm³/mol. The van der Waals surface area contributed by atoms with Gasteiger partial charge >= 0.3 is 0 Å². The summed E-state index contributed by atoms with van der Waals surface area (Å²) in [5.74, 6) is 0.761. The monoisotopic (exact) mass is 382 g/mol. The van der Waals surface area contributed by atoms with E-state index in [-0.39, 0.29) is 12.0 Å². The molecule has 0 spiro atoms. The minimum Gasteiger partial charge on any atom is -0.494 e. The molecule has 2 aromatic rings. The fourth-order valence-electron chi connectivity index (χ4n) is 3.41. The lowest BCUT2D eigenvalue weighted by atomic mass is 10.1. The lowest BCUT2D eigenvalue weighted by molar-refractivity contribution is -0.0303. The number of hydrogen-bond donors (Lipinski definition) is 1. The van der Waals surface area contributed by atoms with Gasteiger partial charge in [0.15, 0.2) is 0 Å². The Balaban J connectivity index is 1.33. The molecular formula is C23H30N2O3. The van der Waals surface area contributed by atoms with Gasteiger partial charge in [-0.3, -0.25) is 9.69 Å². The third-order valence-corrected chi connectivity index (χ3v) is 4.94. The van der Waals surface area contributed by atoms with Gasteiger partial charge in [0.25, 0.3) is 5.91 Å². The largest absolute Gasteiger partial charge is 0.494 e. The first-order chi connectivity index (χ1) is 13.8. The molecule has 28 heavy (non-hydrogen) atoms. The van der Waals surface area contributed by atoms with E-state index in [4.69, 9.17) is 9.47 Å². The summed E-state index contributed by atoms with van der Waals surface area (Å²) in [6, 6.07) is 17.7. The highest BCUT2D eigenvalue weighted by atomic mass is 16.5. The van der Waals surface area contributed by atoms with Gasteiger partial charge in [-0.1, -0.05) is 30.3 Å². The molecule has 0 unspecified atom stereocenters. The number of hydrogen-bond acceptors (Lipinski definition) is 4. The third kappa shape index (κ3) is 6.08. The smallest absolute Gasteiger partial charge is 0.251 e. The van der Waals surface area contributed by atoms with E-state index in [2.05, 4.69) is 34.5 Å². The molecule has 150 valence electrons. The molecular weight excluding hydrogens is 352 g/mol. The fourth-order valence-corrected chi connectivity index (χ4v) is 3.41. The van der Waals surface area contributed by atoms with Gasteiger partial charge in [0.1, 0.15) is 5.75 Å². The first-order valence-corrected chi connectivity index (χ1v) is 10.2. The molecule has 0 aliphatic carbocycles. The van der Waals surface area contributed by atoms with Crippen LogP contribution in [0.1, 0.15) is 41.8 Å². The zero-order chi connectivity index (χ0) is 19.6. The van der Waals surface area contributed by atoms with Crippen LogP contribution in [0.25, 0.3) is 0 Å². The summed E-state index contributed by atoms with van der Waals surface area (Å²) in [6.45, 7) is 6.97. The maximum Gasteiger partial charge on any atom is 0.251 e. The Kier molecular flexibility index (Phi) is 7.88. The Morgan fingerprint density at radius 1 is 1.14 bits per heavy atom. The van der Waals surface area contributed by atoms with Crippen LogP contribution in [0.5, 0.6) is 5.75 Å². The van der Waals surface area contributed by atoms with Gasteiger partial charge in [-0.05, 0) is 56.1 Å². The fraction of sp³-hybridized carbons (Fsp3) is 0.435. The summed E-state index contributed by atoms with van der Waals surface area (Å²) in [5, 5.41) is 3.00. The van der Waals surface area contributed by atoms with Crippen LogP contribution in [0.3, 0.4) is 0 Å². The number of amides is 1. The molecule has 1 saturated heterocycles. The average molecular weight is 383 g/mol. The minimum absolute atomic E-state index is 0.0291. The van der Waals surface area contributed by atoms with E-state index in [1.807, 2.05) is 25.1 Å². The molecule has 1 aliphatic rings. The average Bonchev–Trinajstić information content (AvgIpc) is 2.75. The second kappa shape index (κ2) is 10.8. The van der Waals surface area contributed by atoms with Crippen LogP contribution in [-0.2, 0) is 4.74 Å². The number of ether oxygens (including phenoxy) is 2. The zero-order valence-electron chi connectivity index (χ0n) is 16.6. The van der Waals surface area contributed by atoms with Crippen molar-refractivity contribution in [2.75, 3.05) is 39.4 Å². The minimum atomic E-state index is -0.0291. The molecule has 5 heteroatoms. The quantitative estimate of drug-likeness (QED) is 0.673. The number of unbranched alkanes of at least 4 members (excludes halogenated alkanes) is 1. The molecule has 0 aromatic heterocycles. The maximum atomic E-state index is 12.2. The first-order valence-electron chi connectivity index (χ1n) is 10.2. The second-order valence-electron chi connectivity index (χ2n) is 6.99. The topological polar surface area (TPSA) is 50.8 Å². The van der Waals surface area contributed by atoms with Crippen molar-refractivity contribution in [2.24, 2.45) is 0 Å². The van der Waals surface area contributed by atoms with Crippen molar-refractivity contribution in [2.45, 2.75) is 25.9 Å². The molecule has 2 aromatic carbocycles. The van der Waals surface area contributed by atoms with Crippen molar-refractivity contribution in [3.05, 3.63) is 65.7 Å². The summed E-state index contributed by atoms with van der Waals surface area (Å²) < 4.78 is 11.3. The van der Waals surface area contributed by atoms with Gasteiger partial charge in [0.05, 0.1) is 19.3 Å². The Morgan fingerprint density at radius 2 is 1.93 bits per heavy atom. The van der Waals surface area contributed by atoms with Crippen molar-refractivity contribution in [1.82, 2.24) is 10.2 Å². The van der Waals surface area contributed by atoms with Gasteiger partial charge in [0.2, 0.25) is 0 Å². The number of morpholine rings is 1. The van der Waals surface area contributed by atoms with E-state index in [1.165, 1.54) is 5.56 Å². The van der Waals surface area contributed by atoms with Crippen LogP contribution in [0, 0.1) is 0 Å². The highest BCUT2D eigenvalue weighted by Crippen LogP contribution is 2.22. The number of benzene rings is 2. The standard InChI is InChI=1S/C23H30N2O3/c1-2-27-21-12-10-20(11-13-21)23(26)24-14-6-7-15-25-16-17-28-22(18-25)19-8-4-3-5-9-19/h3-5,8-13,22H,2,6-7,14-18H2,1H3,(H,24,26)/t22-/m0/s1.